The van der Waals surface area contributed by atoms with Crippen molar-refractivity contribution < 1.29 is 4.79 Å². The molecule has 0 saturated heterocycles. The lowest BCUT2D eigenvalue weighted by atomic mass is 10.1. The summed E-state index contributed by atoms with van der Waals surface area (Å²) in [5, 5.41) is 2.78. The fourth-order valence-corrected chi connectivity index (χ4v) is 0.995. The van der Waals surface area contributed by atoms with E-state index in [0.717, 1.165) is 0 Å². The number of hydrogen-bond acceptors (Lipinski definition) is 1. The van der Waals surface area contributed by atoms with Gasteiger partial charge >= 0.3 is 0 Å². The maximum Gasteiger partial charge on any atom is 0.226 e. The molecule has 2 heteroatoms. The minimum absolute atomic E-state index is 0.0206. The van der Waals surface area contributed by atoms with Gasteiger partial charge in [0, 0.05) is 11.5 Å². The first-order valence-electron chi connectivity index (χ1n) is 4.51. The zero-order chi connectivity index (χ0) is 10.6. The van der Waals surface area contributed by atoms with E-state index in [1.165, 1.54) is 0 Å². The van der Waals surface area contributed by atoms with E-state index in [0.29, 0.717) is 11.3 Å². The van der Waals surface area contributed by atoms with E-state index < -0.39 is 0 Å². The maximum atomic E-state index is 11.4. The Morgan fingerprint density at radius 1 is 1.43 bits per heavy atom. The molecular weight excluding hydrogens is 174 g/mol. The Kier molecular flexibility index (Phi) is 3.30. The smallest absolute Gasteiger partial charge is 0.226 e. The van der Waals surface area contributed by atoms with Crippen LogP contribution in [0.25, 0.3) is 0 Å². The van der Waals surface area contributed by atoms with Crippen molar-refractivity contribution in [3.63, 3.8) is 0 Å². The molecule has 72 valence electrons. The molecule has 1 aromatic rings. The van der Waals surface area contributed by atoms with Gasteiger partial charge in [0.25, 0.3) is 0 Å². The Labute approximate surface area is 84.3 Å². The molecular formula is C12H13NO. The van der Waals surface area contributed by atoms with Crippen molar-refractivity contribution >= 4 is 11.6 Å². The summed E-state index contributed by atoms with van der Waals surface area (Å²) in [6.07, 6.45) is 5.30. The average molecular weight is 187 g/mol. The van der Waals surface area contributed by atoms with Gasteiger partial charge in [0.15, 0.2) is 0 Å². The average Bonchev–Trinajstić information content (AvgIpc) is 2.18. The van der Waals surface area contributed by atoms with Gasteiger partial charge < -0.3 is 5.32 Å². The summed E-state index contributed by atoms with van der Waals surface area (Å²) in [6.45, 7) is 3.68. The zero-order valence-corrected chi connectivity index (χ0v) is 8.37. The normalized spacial score (nSPS) is 9.57. The van der Waals surface area contributed by atoms with E-state index in [4.69, 9.17) is 6.42 Å². The number of carbonyl (C=O) groups is 1. The highest BCUT2D eigenvalue weighted by molar-refractivity contribution is 5.93. The molecule has 1 amide bonds. The SMILES string of the molecule is C#Cc1ccccc1NC(=O)C(C)C. The highest BCUT2D eigenvalue weighted by Crippen LogP contribution is 2.14. The highest BCUT2D eigenvalue weighted by Gasteiger charge is 2.08. The van der Waals surface area contributed by atoms with Crippen molar-refractivity contribution in [1.82, 2.24) is 0 Å². The molecule has 1 aromatic carbocycles. The second-order valence-electron chi connectivity index (χ2n) is 3.33. The van der Waals surface area contributed by atoms with Crippen molar-refractivity contribution in [3.8, 4) is 12.3 Å². The first-order valence-corrected chi connectivity index (χ1v) is 4.51. The third kappa shape index (κ3) is 2.37. The summed E-state index contributed by atoms with van der Waals surface area (Å²) >= 11 is 0. The van der Waals surface area contributed by atoms with E-state index in [-0.39, 0.29) is 11.8 Å². The molecule has 0 aromatic heterocycles. The van der Waals surface area contributed by atoms with Crippen LogP contribution in [0.2, 0.25) is 0 Å². The topological polar surface area (TPSA) is 29.1 Å². The number of anilines is 1. The van der Waals surface area contributed by atoms with Gasteiger partial charge in [-0.05, 0) is 12.1 Å². The summed E-state index contributed by atoms with van der Waals surface area (Å²) in [4.78, 5) is 11.4. The molecule has 0 aliphatic carbocycles. The van der Waals surface area contributed by atoms with E-state index in [1.807, 2.05) is 26.0 Å². The zero-order valence-electron chi connectivity index (χ0n) is 8.37. The molecule has 0 radical (unpaired) electrons. The van der Waals surface area contributed by atoms with Crippen LogP contribution in [0.1, 0.15) is 19.4 Å². The van der Waals surface area contributed by atoms with Gasteiger partial charge in [-0.1, -0.05) is 31.9 Å². The van der Waals surface area contributed by atoms with Gasteiger partial charge in [-0.2, -0.15) is 0 Å². The van der Waals surface area contributed by atoms with E-state index in [1.54, 1.807) is 12.1 Å². The van der Waals surface area contributed by atoms with E-state index in [9.17, 15) is 4.79 Å². The van der Waals surface area contributed by atoms with Gasteiger partial charge in [-0.25, -0.2) is 0 Å². The van der Waals surface area contributed by atoms with Crippen molar-refractivity contribution in [2.45, 2.75) is 13.8 Å². The molecule has 0 aliphatic heterocycles. The van der Waals surface area contributed by atoms with Crippen LogP contribution in [0, 0.1) is 18.3 Å². The predicted octanol–water partition coefficient (Wildman–Crippen LogP) is 2.26. The molecule has 0 heterocycles. The Balaban J connectivity index is 2.87. The third-order valence-corrected chi connectivity index (χ3v) is 1.86. The van der Waals surface area contributed by atoms with Gasteiger partial charge in [0.2, 0.25) is 5.91 Å². The summed E-state index contributed by atoms with van der Waals surface area (Å²) < 4.78 is 0. The second kappa shape index (κ2) is 4.48. The van der Waals surface area contributed by atoms with Crippen LogP contribution in [0.4, 0.5) is 5.69 Å². The van der Waals surface area contributed by atoms with Crippen LogP contribution in [0.15, 0.2) is 24.3 Å². The number of hydrogen-bond donors (Lipinski definition) is 1. The lowest BCUT2D eigenvalue weighted by Crippen LogP contribution is -2.18. The number of terminal acetylenes is 1. The monoisotopic (exact) mass is 187 g/mol. The number of nitrogens with one attached hydrogen (secondary N) is 1. The first kappa shape index (κ1) is 10.3. The van der Waals surface area contributed by atoms with Crippen LogP contribution in [-0.4, -0.2) is 5.91 Å². The van der Waals surface area contributed by atoms with E-state index in [2.05, 4.69) is 11.2 Å². The van der Waals surface area contributed by atoms with Gasteiger partial charge in [-0.3, -0.25) is 4.79 Å². The summed E-state index contributed by atoms with van der Waals surface area (Å²) in [5.74, 6) is 2.46. The van der Waals surface area contributed by atoms with Crippen LogP contribution in [0.5, 0.6) is 0 Å². The first-order chi connectivity index (χ1) is 6.65. The molecule has 0 aliphatic rings. The standard InChI is InChI=1S/C12H13NO/c1-4-10-7-5-6-8-11(10)13-12(14)9(2)3/h1,5-9H,2-3H3,(H,13,14). The molecule has 14 heavy (non-hydrogen) atoms. The van der Waals surface area contributed by atoms with Crippen molar-refractivity contribution in [3.05, 3.63) is 29.8 Å². The molecule has 1 N–H and O–H groups in total. The quantitative estimate of drug-likeness (QED) is 0.707. The Morgan fingerprint density at radius 2 is 2.07 bits per heavy atom. The third-order valence-electron chi connectivity index (χ3n) is 1.86. The maximum absolute atomic E-state index is 11.4. The minimum atomic E-state index is -0.0409. The minimum Gasteiger partial charge on any atom is -0.325 e. The highest BCUT2D eigenvalue weighted by atomic mass is 16.1. The van der Waals surface area contributed by atoms with Crippen LogP contribution >= 0.6 is 0 Å². The summed E-state index contributed by atoms with van der Waals surface area (Å²) in [7, 11) is 0. The largest absolute Gasteiger partial charge is 0.325 e. The fourth-order valence-electron chi connectivity index (χ4n) is 0.995. The van der Waals surface area contributed by atoms with Crippen molar-refractivity contribution in [2.24, 2.45) is 5.92 Å². The molecule has 1 rings (SSSR count). The number of carbonyl (C=O) groups excluding carboxylic acids is 1. The molecule has 0 fully saturated rings. The van der Waals surface area contributed by atoms with Gasteiger partial charge in [0.1, 0.15) is 0 Å². The van der Waals surface area contributed by atoms with E-state index >= 15 is 0 Å². The van der Waals surface area contributed by atoms with Crippen LogP contribution in [-0.2, 0) is 4.79 Å². The van der Waals surface area contributed by atoms with Gasteiger partial charge in [0.05, 0.1) is 5.69 Å². The Morgan fingerprint density at radius 3 is 2.64 bits per heavy atom. The van der Waals surface area contributed by atoms with Crippen LogP contribution in [0.3, 0.4) is 0 Å². The molecule has 0 spiro atoms. The molecule has 0 unspecified atom stereocenters. The predicted molar refractivity (Wildman–Crippen MR) is 57.8 cm³/mol. The molecule has 0 bridgehead atoms. The number of benzene rings is 1. The number of amides is 1. The summed E-state index contributed by atoms with van der Waals surface area (Å²) in [5.41, 5.74) is 1.41. The Bertz CT molecular complexity index is 374. The van der Waals surface area contributed by atoms with Crippen LogP contribution < -0.4 is 5.32 Å². The van der Waals surface area contributed by atoms with Crippen molar-refractivity contribution in [1.29, 1.82) is 0 Å². The molecule has 0 saturated carbocycles. The lowest BCUT2D eigenvalue weighted by Gasteiger charge is -2.08. The van der Waals surface area contributed by atoms with Gasteiger partial charge in [-0.15, -0.1) is 6.42 Å². The molecule has 2 nitrogen and oxygen atoms in total. The summed E-state index contributed by atoms with van der Waals surface area (Å²) in [6, 6.07) is 7.29. The number of para-hydroxylation sites is 1. The van der Waals surface area contributed by atoms with Crippen molar-refractivity contribution in [2.75, 3.05) is 5.32 Å². The second-order valence-corrected chi connectivity index (χ2v) is 3.33. The Hall–Kier alpha value is -1.75. The fraction of sp³-hybridized carbons (Fsp3) is 0.250. The lowest BCUT2D eigenvalue weighted by molar-refractivity contribution is -0.118. The number of rotatable bonds is 2. The molecule has 0 atom stereocenters.